The highest BCUT2D eigenvalue weighted by Gasteiger charge is 2.24. The van der Waals surface area contributed by atoms with Gasteiger partial charge in [0.25, 0.3) is 0 Å². The van der Waals surface area contributed by atoms with Crippen LogP contribution in [0.25, 0.3) is 0 Å². The first-order valence-corrected chi connectivity index (χ1v) is 10.7. The van der Waals surface area contributed by atoms with Gasteiger partial charge in [-0.25, -0.2) is 0 Å². The lowest BCUT2D eigenvalue weighted by atomic mass is 10.0. The second-order valence-corrected chi connectivity index (χ2v) is 7.44. The fourth-order valence-corrected chi connectivity index (χ4v) is 3.44. The Kier molecular flexibility index (Phi) is 14.9. The zero-order valence-electron chi connectivity index (χ0n) is 16.1. The molecular weight excluding hydrogens is 300 g/mol. The zero-order chi connectivity index (χ0) is 17.3. The van der Waals surface area contributed by atoms with Crippen LogP contribution in [0.15, 0.2) is 0 Å². The monoisotopic (exact) mass is 342 g/mol. The summed E-state index contributed by atoms with van der Waals surface area (Å²) >= 11 is 0. The minimum Gasteiger partial charge on any atom is -0.394 e. The van der Waals surface area contributed by atoms with E-state index in [1.165, 1.54) is 96.3 Å². The predicted molar refractivity (Wildman–Crippen MR) is 101 cm³/mol. The van der Waals surface area contributed by atoms with Gasteiger partial charge in [0.1, 0.15) is 6.10 Å². The van der Waals surface area contributed by atoms with Gasteiger partial charge in [0.2, 0.25) is 0 Å². The molecule has 0 aliphatic carbocycles. The van der Waals surface area contributed by atoms with Crippen molar-refractivity contribution in [1.82, 2.24) is 0 Å². The van der Waals surface area contributed by atoms with Gasteiger partial charge in [0.05, 0.1) is 13.2 Å². The van der Waals surface area contributed by atoms with Crippen LogP contribution in [0.5, 0.6) is 0 Å². The van der Waals surface area contributed by atoms with E-state index in [-0.39, 0.29) is 19.0 Å². The Morgan fingerprint density at radius 1 is 0.708 bits per heavy atom. The molecule has 0 amide bonds. The van der Waals surface area contributed by atoms with Gasteiger partial charge in [-0.05, 0) is 12.8 Å². The van der Waals surface area contributed by atoms with Crippen molar-refractivity contribution in [2.24, 2.45) is 0 Å². The maximum atomic E-state index is 8.98. The van der Waals surface area contributed by atoms with E-state index in [0.717, 1.165) is 6.42 Å². The van der Waals surface area contributed by atoms with Crippen LogP contribution in [0.2, 0.25) is 0 Å². The third-order valence-electron chi connectivity index (χ3n) is 5.06. The molecule has 1 rings (SSSR count). The standard InChI is InChI=1S/C21H42O3/c1-2-3-4-5-6-7-8-9-10-11-12-13-14-15-16-17-21-23-19-20(18-22)24-21/h20-22H,2-19H2,1H3/t20-,21-/m1/s1. The van der Waals surface area contributed by atoms with E-state index in [9.17, 15) is 0 Å². The Bertz CT molecular complexity index is 257. The molecule has 1 fully saturated rings. The van der Waals surface area contributed by atoms with Crippen LogP contribution in [0.1, 0.15) is 110 Å². The molecule has 1 heterocycles. The van der Waals surface area contributed by atoms with Gasteiger partial charge in [-0.3, -0.25) is 0 Å². The number of hydrogen-bond acceptors (Lipinski definition) is 3. The van der Waals surface area contributed by atoms with Crippen LogP contribution >= 0.6 is 0 Å². The normalized spacial score (nSPS) is 20.8. The predicted octanol–water partition coefficient (Wildman–Crippen LogP) is 5.98. The largest absolute Gasteiger partial charge is 0.394 e. The number of unbranched alkanes of at least 4 members (excludes halogenated alkanes) is 14. The fourth-order valence-electron chi connectivity index (χ4n) is 3.44. The van der Waals surface area contributed by atoms with E-state index in [1.807, 2.05) is 0 Å². The molecule has 1 saturated heterocycles. The minimum absolute atomic E-state index is 0.0656. The third kappa shape index (κ3) is 12.3. The lowest BCUT2D eigenvalue weighted by Gasteiger charge is -2.09. The molecule has 1 N–H and O–H groups in total. The quantitative estimate of drug-likeness (QED) is 0.330. The number of aliphatic hydroxyl groups excluding tert-OH is 1. The van der Waals surface area contributed by atoms with Crippen LogP contribution in [0.4, 0.5) is 0 Å². The van der Waals surface area contributed by atoms with E-state index < -0.39 is 0 Å². The van der Waals surface area contributed by atoms with Crippen molar-refractivity contribution in [3.8, 4) is 0 Å². The van der Waals surface area contributed by atoms with Crippen LogP contribution in [-0.4, -0.2) is 30.7 Å². The highest BCUT2D eigenvalue weighted by atomic mass is 16.7. The van der Waals surface area contributed by atoms with Gasteiger partial charge in [-0.2, -0.15) is 0 Å². The summed E-state index contributed by atoms with van der Waals surface area (Å²) in [6.07, 6.45) is 21.7. The fraction of sp³-hybridized carbons (Fsp3) is 1.00. The molecule has 0 aromatic carbocycles. The smallest absolute Gasteiger partial charge is 0.158 e. The molecule has 0 radical (unpaired) electrons. The molecule has 0 saturated carbocycles. The molecule has 1 aliphatic heterocycles. The molecule has 0 aromatic heterocycles. The van der Waals surface area contributed by atoms with E-state index in [0.29, 0.717) is 6.61 Å². The Hall–Kier alpha value is -0.120. The van der Waals surface area contributed by atoms with Gasteiger partial charge in [0.15, 0.2) is 6.29 Å². The van der Waals surface area contributed by atoms with Crippen molar-refractivity contribution in [2.45, 2.75) is 122 Å². The van der Waals surface area contributed by atoms with Gasteiger partial charge in [0, 0.05) is 0 Å². The second kappa shape index (κ2) is 16.4. The molecule has 0 unspecified atom stereocenters. The summed E-state index contributed by atoms with van der Waals surface area (Å²) < 4.78 is 11.1. The summed E-state index contributed by atoms with van der Waals surface area (Å²) in [4.78, 5) is 0. The molecular formula is C21H42O3. The summed E-state index contributed by atoms with van der Waals surface area (Å²) in [6.45, 7) is 2.92. The molecule has 2 atom stereocenters. The van der Waals surface area contributed by atoms with Crippen LogP contribution in [-0.2, 0) is 9.47 Å². The number of rotatable bonds is 17. The molecule has 3 nitrogen and oxygen atoms in total. The summed E-state index contributed by atoms with van der Waals surface area (Å²) in [5.41, 5.74) is 0. The maximum absolute atomic E-state index is 8.98. The van der Waals surface area contributed by atoms with Crippen molar-refractivity contribution < 1.29 is 14.6 Å². The van der Waals surface area contributed by atoms with Crippen LogP contribution in [0.3, 0.4) is 0 Å². The number of ether oxygens (including phenoxy) is 2. The molecule has 144 valence electrons. The van der Waals surface area contributed by atoms with Crippen LogP contribution < -0.4 is 0 Å². The summed E-state index contributed by atoms with van der Waals surface area (Å²) in [5, 5.41) is 8.98. The lowest BCUT2D eigenvalue weighted by molar-refractivity contribution is -0.0701. The molecule has 1 aliphatic rings. The molecule has 24 heavy (non-hydrogen) atoms. The SMILES string of the molecule is CCCCCCCCCCCCCCCCC[C@@H]1OC[C@@H](CO)O1. The summed E-state index contributed by atoms with van der Waals surface area (Å²) in [6, 6.07) is 0. The van der Waals surface area contributed by atoms with Gasteiger partial charge >= 0.3 is 0 Å². The first-order chi connectivity index (χ1) is 11.9. The minimum atomic E-state index is -0.0914. The molecule has 0 spiro atoms. The van der Waals surface area contributed by atoms with Gasteiger partial charge in [-0.1, -0.05) is 96.8 Å². The van der Waals surface area contributed by atoms with Gasteiger partial charge < -0.3 is 14.6 Å². The zero-order valence-corrected chi connectivity index (χ0v) is 16.1. The second-order valence-electron chi connectivity index (χ2n) is 7.44. The van der Waals surface area contributed by atoms with Gasteiger partial charge in [-0.15, -0.1) is 0 Å². The van der Waals surface area contributed by atoms with E-state index in [4.69, 9.17) is 14.6 Å². The molecule has 0 aromatic rings. The topological polar surface area (TPSA) is 38.7 Å². The van der Waals surface area contributed by atoms with E-state index in [2.05, 4.69) is 6.92 Å². The van der Waals surface area contributed by atoms with Crippen molar-refractivity contribution in [3.63, 3.8) is 0 Å². The first-order valence-electron chi connectivity index (χ1n) is 10.7. The molecule has 0 bridgehead atoms. The highest BCUT2D eigenvalue weighted by Crippen LogP contribution is 2.18. The van der Waals surface area contributed by atoms with Crippen LogP contribution in [0, 0.1) is 0 Å². The Labute approximate surface area is 150 Å². The summed E-state index contributed by atoms with van der Waals surface area (Å²) in [7, 11) is 0. The van der Waals surface area contributed by atoms with E-state index in [1.54, 1.807) is 0 Å². The van der Waals surface area contributed by atoms with Crippen molar-refractivity contribution in [3.05, 3.63) is 0 Å². The lowest BCUT2D eigenvalue weighted by Crippen LogP contribution is -2.16. The number of aliphatic hydroxyl groups is 1. The Morgan fingerprint density at radius 3 is 1.58 bits per heavy atom. The van der Waals surface area contributed by atoms with Crippen molar-refractivity contribution in [2.75, 3.05) is 13.2 Å². The highest BCUT2D eigenvalue weighted by molar-refractivity contribution is 4.64. The average Bonchev–Trinajstić information content (AvgIpc) is 3.06. The number of hydrogen-bond donors (Lipinski definition) is 1. The maximum Gasteiger partial charge on any atom is 0.158 e. The summed E-state index contributed by atoms with van der Waals surface area (Å²) in [5.74, 6) is 0. The Morgan fingerprint density at radius 2 is 1.17 bits per heavy atom. The molecule has 3 heteroatoms. The Balaban J connectivity index is 1.69. The average molecular weight is 343 g/mol. The van der Waals surface area contributed by atoms with Crippen molar-refractivity contribution >= 4 is 0 Å². The third-order valence-corrected chi connectivity index (χ3v) is 5.06. The van der Waals surface area contributed by atoms with E-state index >= 15 is 0 Å². The first kappa shape index (κ1) is 21.9. The van der Waals surface area contributed by atoms with Crippen molar-refractivity contribution in [1.29, 1.82) is 0 Å².